The third-order valence-electron chi connectivity index (χ3n) is 2.17. The van der Waals surface area contributed by atoms with Crippen LogP contribution >= 0.6 is 11.6 Å². The number of aldehydes is 1. The molecule has 0 aliphatic heterocycles. The summed E-state index contributed by atoms with van der Waals surface area (Å²) < 4.78 is 5.02. The Bertz CT molecular complexity index is 474. The summed E-state index contributed by atoms with van der Waals surface area (Å²) in [5, 5.41) is 0.698. The molecule has 2 aromatic rings. The molecule has 0 bridgehead atoms. The van der Waals surface area contributed by atoms with Gasteiger partial charge in [0, 0.05) is 17.0 Å². The first kappa shape index (κ1) is 9.99. The molecule has 0 aliphatic rings. The van der Waals surface area contributed by atoms with Crippen LogP contribution in [0.1, 0.15) is 21.7 Å². The van der Waals surface area contributed by atoms with Crippen LogP contribution in [0.5, 0.6) is 0 Å². The van der Waals surface area contributed by atoms with Gasteiger partial charge in [0.2, 0.25) is 0 Å². The summed E-state index contributed by atoms with van der Waals surface area (Å²) in [4.78, 5) is 10.6. The zero-order chi connectivity index (χ0) is 10.7. The summed E-state index contributed by atoms with van der Waals surface area (Å²) in [5.74, 6) is 0.384. The second-order valence-electron chi connectivity index (χ2n) is 3.23. The van der Waals surface area contributed by atoms with Crippen LogP contribution in [0.15, 0.2) is 41.0 Å². The normalized spacial score (nSPS) is 10.2. The molecule has 0 aliphatic carbocycles. The van der Waals surface area contributed by atoms with Crippen LogP contribution in [0, 0.1) is 0 Å². The average Bonchev–Trinajstić information content (AvgIpc) is 2.65. The monoisotopic (exact) mass is 220 g/mol. The fraction of sp³-hybridized carbons (Fsp3) is 0.0833. The van der Waals surface area contributed by atoms with Crippen LogP contribution in [-0.4, -0.2) is 6.29 Å². The molecule has 3 heteroatoms. The van der Waals surface area contributed by atoms with E-state index < -0.39 is 0 Å². The van der Waals surface area contributed by atoms with Gasteiger partial charge >= 0.3 is 0 Å². The van der Waals surface area contributed by atoms with Gasteiger partial charge in [0.1, 0.15) is 0 Å². The van der Waals surface area contributed by atoms with Crippen molar-refractivity contribution in [2.75, 3.05) is 0 Å². The Labute approximate surface area is 92.5 Å². The Morgan fingerprint density at radius 3 is 2.93 bits per heavy atom. The van der Waals surface area contributed by atoms with Crippen molar-refractivity contribution in [2.45, 2.75) is 6.42 Å². The molecule has 1 heterocycles. The molecular weight excluding hydrogens is 212 g/mol. The molecule has 76 valence electrons. The quantitative estimate of drug-likeness (QED) is 0.743. The van der Waals surface area contributed by atoms with Crippen molar-refractivity contribution in [1.82, 2.24) is 0 Å². The highest BCUT2D eigenvalue weighted by Crippen LogP contribution is 2.17. The molecule has 1 aromatic carbocycles. The van der Waals surface area contributed by atoms with Gasteiger partial charge in [0.15, 0.2) is 12.0 Å². The van der Waals surface area contributed by atoms with E-state index in [-0.39, 0.29) is 0 Å². The number of hydrogen-bond donors (Lipinski definition) is 0. The summed E-state index contributed by atoms with van der Waals surface area (Å²) in [6, 6.07) is 9.35. The average molecular weight is 221 g/mol. The van der Waals surface area contributed by atoms with Crippen LogP contribution in [0.3, 0.4) is 0 Å². The first-order valence-corrected chi connectivity index (χ1v) is 4.93. The highest BCUT2D eigenvalue weighted by atomic mass is 35.5. The molecule has 2 rings (SSSR count). The molecule has 15 heavy (non-hydrogen) atoms. The van der Waals surface area contributed by atoms with Gasteiger partial charge in [0.25, 0.3) is 0 Å². The number of carbonyl (C=O) groups excluding carboxylic acids is 1. The van der Waals surface area contributed by atoms with Gasteiger partial charge in [-0.1, -0.05) is 23.7 Å². The minimum absolute atomic E-state index is 0.384. The van der Waals surface area contributed by atoms with Crippen molar-refractivity contribution in [1.29, 1.82) is 0 Å². The van der Waals surface area contributed by atoms with E-state index in [9.17, 15) is 4.79 Å². The molecule has 0 amide bonds. The van der Waals surface area contributed by atoms with Crippen LogP contribution in [0.25, 0.3) is 0 Å². The molecule has 0 spiro atoms. The van der Waals surface area contributed by atoms with Gasteiger partial charge in [-0.2, -0.15) is 0 Å². The standard InChI is InChI=1S/C12H9ClO2/c13-11-3-1-2-9(7-11)6-10-4-5-15-12(10)8-14/h1-5,7-8H,6H2. The highest BCUT2D eigenvalue weighted by Gasteiger charge is 2.05. The maximum atomic E-state index is 10.6. The maximum absolute atomic E-state index is 10.6. The summed E-state index contributed by atoms with van der Waals surface area (Å²) in [7, 11) is 0. The van der Waals surface area contributed by atoms with Crippen molar-refractivity contribution < 1.29 is 9.21 Å². The van der Waals surface area contributed by atoms with Crippen molar-refractivity contribution >= 4 is 17.9 Å². The molecule has 0 fully saturated rings. The Morgan fingerprint density at radius 2 is 2.20 bits per heavy atom. The molecule has 0 unspecified atom stereocenters. The van der Waals surface area contributed by atoms with E-state index in [1.807, 2.05) is 24.3 Å². The van der Waals surface area contributed by atoms with E-state index in [1.165, 1.54) is 6.26 Å². The minimum atomic E-state index is 0.384. The molecule has 0 atom stereocenters. The van der Waals surface area contributed by atoms with Crippen molar-refractivity contribution in [3.05, 3.63) is 58.5 Å². The lowest BCUT2D eigenvalue weighted by Crippen LogP contribution is -1.89. The Morgan fingerprint density at radius 1 is 1.33 bits per heavy atom. The molecule has 0 radical (unpaired) electrons. The van der Waals surface area contributed by atoms with E-state index in [1.54, 1.807) is 6.07 Å². The summed E-state index contributed by atoms with van der Waals surface area (Å²) in [6.45, 7) is 0. The van der Waals surface area contributed by atoms with Crippen LogP contribution in [0.4, 0.5) is 0 Å². The SMILES string of the molecule is O=Cc1occc1Cc1cccc(Cl)c1. The van der Waals surface area contributed by atoms with Crippen molar-refractivity contribution in [3.63, 3.8) is 0 Å². The third kappa shape index (κ3) is 2.28. The molecular formula is C12H9ClO2. The zero-order valence-electron chi connectivity index (χ0n) is 7.94. The predicted octanol–water partition coefficient (Wildman–Crippen LogP) is 3.34. The summed E-state index contributed by atoms with van der Waals surface area (Å²) in [5.41, 5.74) is 1.94. The van der Waals surface area contributed by atoms with Gasteiger partial charge in [-0.05, 0) is 23.8 Å². The predicted molar refractivity (Wildman–Crippen MR) is 58.4 cm³/mol. The van der Waals surface area contributed by atoms with Crippen molar-refractivity contribution in [3.8, 4) is 0 Å². The number of rotatable bonds is 3. The fourth-order valence-corrected chi connectivity index (χ4v) is 1.68. The lowest BCUT2D eigenvalue weighted by atomic mass is 10.1. The Kier molecular flexibility index (Phi) is 2.88. The van der Waals surface area contributed by atoms with E-state index in [2.05, 4.69) is 0 Å². The van der Waals surface area contributed by atoms with Gasteiger partial charge in [-0.25, -0.2) is 0 Å². The van der Waals surface area contributed by atoms with Crippen LogP contribution in [-0.2, 0) is 6.42 Å². The van der Waals surface area contributed by atoms with Crippen LogP contribution < -0.4 is 0 Å². The fourth-order valence-electron chi connectivity index (χ4n) is 1.46. The Hall–Kier alpha value is -1.54. The van der Waals surface area contributed by atoms with Gasteiger partial charge < -0.3 is 4.42 Å². The van der Waals surface area contributed by atoms with E-state index in [4.69, 9.17) is 16.0 Å². The van der Waals surface area contributed by atoms with Crippen molar-refractivity contribution in [2.24, 2.45) is 0 Å². The van der Waals surface area contributed by atoms with E-state index in [0.717, 1.165) is 17.4 Å². The second-order valence-corrected chi connectivity index (χ2v) is 3.67. The largest absolute Gasteiger partial charge is 0.461 e. The molecule has 1 aromatic heterocycles. The van der Waals surface area contributed by atoms with E-state index in [0.29, 0.717) is 17.2 Å². The van der Waals surface area contributed by atoms with Gasteiger partial charge in [0.05, 0.1) is 6.26 Å². The number of benzene rings is 1. The Balaban J connectivity index is 2.25. The molecule has 0 saturated carbocycles. The number of hydrogen-bond acceptors (Lipinski definition) is 2. The number of carbonyl (C=O) groups is 1. The smallest absolute Gasteiger partial charge is 0.185 e. The topological polar surface area (TPSA) is 30.2 Å². The maximum Gasteiger partial charge on any atom is 0.185 e. The summed E-state index contributed by atoms with van der Waals surface area (Å²) in [6.07, 6.45) is 2.90. The van der Waals surface area contributed by atoms with E-state index >= 15 is 0 Å². The third-order valence-corrected chi connectivity index (χ3v) is 2.41. The highest BCUT2D eigenvalue weighted by molar-refractivity contribution is 6.30. The first-order chi connectivity index (χ1) is 7.29. The summed E-state index contributed by atoms with van der Waals surface area (Å²) >= 11 is 5.87. The number of halogens is 1. The molecule has 0 saturated heterocycles. The minimum Gasteiger partial charge on any atom is -0.461 e. The van der Waals surface area contributed by atoms with Crippen LogP contribution in [0.2, 0.25) is 5.02 Å². The number of furan rings is 1. The zero-order valence-corrected chi connectivity index (χ0v) is 8.70. The molecule has 0 N–H and O–H groups in total. The first-order valence-electron chi connectivity index (χ1n) is 4.55. The lowest BCUT2D eigenvalue weighted by molar-refractivity contribution is 0.109. The lowest BCUT2D eigenvalue weighted by Gasteiger charge is -1.99. The molecule has 2 nitrogen and oxygen atoms in total. The van der Waals surface area contributed by atoms with Gasteiger partial charge in [-0.15, -0.1) is 0 Å². The second kappa shape index (κ2) is 4.32. The van der Waals surface area contributed by atoms with Gasteiger partial charge in [-0.3, -0.25) is 4.79 Å².